The quantitative estimate of drug-likeness (QED) is 0.273. The van der Waals surface area contributed by atoms with Crippen LogP contribution in [0.15, 0.2) is 133 Å². The first-order valence-electron chi connectivity index (χ1n) is 12.5. The molecule has 0 atom stereocenters. The van der Waals surface area contributed by atoms with Crippen molar-refractivity contribution in [3.05, 3.63) is 156 Å². The summed E-state index contributed by atoms with van der Waals surface area (Å²) < 4.78 is 0. The SMILES string of the molecule is c1ccc(Nc2cc3c(c4ccccc24)-c2ccccc2C32c3ccccc3-c3ccccc32)cc1. The van der Waals surface area contributed by atoms with Gasteiger partial charge in [0.15, 0.2) is 0 Å². The fraction of sp³-hybridized carbons (Fsp3) is 0.0286. The Labute approximate surface area is 210 Å². The van der Waals surface area contributed by atoms with Gasteiger partial charge < -0.3 is 5.32 Å². The average Bonchev–Trinajstić information content (AvgIpc) is 3.41. The van der Waals surface area contributed by atoms with Crippen LogP contribution in [0.1, 0.15) is 22.3 Å². The van der Waals surface area contributed by atoms with Gasteiger partial charge in [-0.1, -0.05) is 115 Å². The van der Waals surface area contributed by atoms with Crippen LogP contribution in [0.3, 0.4) is 0 Å². The Bertz CT molecular complexity index is 1770. The van der Waals surface area contributed by atoms with Crippen molar-refractivity contribution < 1.29 is 0 Å². The zero-order valence-electron chi connectivity index (χ0n) is 19.7. The third-order valence-corrected chi connectivity index (χ3v) is 8.05. The molecule has 36 heavy (non-hydrogen) atoms. The summed E-state index contributed by atoms with van der Waals surface area (Å²) >= 11 is 0. The lowest BCUT2D eigenvalue weighted by molar-refractivity contribution is 0.795. The van der Waals surface area contributed by atoms with E-state index in [0.29, 0.717) is 0 Å². The minimum absolute atomic E-state index is 0.337. The Morgan fingerprint density at radius 2 is 0.917 bits per heavy atom. The maximum atomic E-state index is 3.76. The number of fused-ring (bicyclic) bond motifs is 12. The van der Waals surface area contributed by atoms with Crippen molar-refractivity contribution in [1.29, 1.82) is 0 Å². The standard InChI is InChI=1S/C35H23N/c1-2-12-23(13-3-1)36-33-22-32-34(27-17-5-4-16-26(27)33)28-18-8-11-21-31(28)35(32)29-19-9-6-14-24(29)25-15-7-10-20-30(25)35/h1-22,36H. The highest BCUT2D eigenvalue weighted by Crippen LogP contribution is 2.64. The number of rotatable bonds is 2. The molecule has 1 heteroatoms. The molecule has 8 rings (SSSR count). The normalized spacial score (nSPS) is 13.8. The van der Waals surface area contributed by atoms with Crippen LogP contribution < -0.4 is 5.32 Å². The minimum atomic E-state index is -0.337. The van der Waals surface area contributed by atoms with E-state index >= 15 is 0 Å². The molecule has 1 spiro atoms. The average molecular weight is 458 g/mol. The Hall–Kier alpha value is -4.62. The first-order chi connectivity index (χ1) is 17.9. The third-order valence-electron chi connectivity index (χ3n) is 8.05. The van der Waals surface area contributed by atoms with E-state index in [-0.39, 0.29) is 5.41 Å². The van der Waals surface area contributed by atoms with Crippen molar-refractivity contribution in [2.24, 2.45) is 0 Å². The second-order valence-electron chi connectivity index (χ2n) is 9.77. The highest BCUT2D eigenvalue weighted by Gasteiger charge is 2.52. The molecule has 0 fully saturated rings. The molecule has 168 valence electrons. The highest BCUT2D eigenvalue weighted by atomic mass is 14.9. The van der Waals surface area contributed by atoms with Gasteiger partial charge in [0.1, 0.15) is 0 Å². The molecular formula is C35H23N. The van der Waals surface area contributed by atoms with Crippen LogP contribution in [0.5, 0.6) is 0 Å². The van der Waals surface area contributed by atoms with Gasteiger partial charge in [0.25, 0.3) is 0 Å². The fourth-order valence-electron chi connectivity index (χ4n) is 6.73. The van der Waals surface area contributed by atoms with Gasteiger partial charge in [-0.3, -0.25) is 0 Å². The molecule has 0 bridgehead atoms. The van der Waals surface area contributed by atoms with E-state index in [1.54, 1.807) is 0 Å². The van der Waals surface area contributed by atoms with Crippen molar-refractivity contribution in [1.82, 2.24) is 0 Å². The van der Waals surface area contributed by atoms with Crippen LogP contribution in [-0.4, -0.2) is 0 Å². The minimum Gasteiger partial charge on any atom is -0.355 e. The number of benzene rings is 6. The maximum absolute atomic E-state index is 3.76. The summed E-state index contributed by atoms with van der Waals surface area (Å²) in [5, 5.41) is 6.29. The van der Waals surface area contributed by atoms with Gasteiger partial charge >= 0.3 is 0 Å². The van der Waals surface area contributed by atoms with E-state index in [4.69, 9.17) is 0 Å². The monoisotopic (exact) mass is 457 g/mol. The van der Waals surface area contributed by atoms with E-state index in [2.05, 4.69) is 139 Å². The number of hydrogen-bond donors (Lipinski definition) is 1. The van der Waals surface area contributed by atoms with Gasteiger partial charge in [-0.2, -0.15) is 0 Å². The van der Waals surface area contributed by atoms with E-state index in [9.17, 15) is 0 Å². The van der Waals surface area contributed by atoms with E-state index < -0.39 is 0 Å². The molecule has 1 N–H and O–H groups in total. The van der Waals surface area contributed by atoms with Gasteiger partial charge in [0, 0.05) is 16.8 Å². The number of hydrogen-bond acceptors (Lipinski definition) is 1. The summed E-state index contributed by atoms with van der Waals surface area (Å²) in [5.41, 5.74) is 12.7. The molecule has 0 amide bonds. The first-order valence-corrected chi connectivity index (χ1v) is 12.5. The second kappa shape index (κ2) is 7.19. The molecule has 6 aromatic carbocycles. The van der Waals surface area contributed by atoms with Gasteiger partial charge in [-0.15, -0.1) is 0 Å². The zero-order valence-corrected chi connectivity index (χ0v) is 19.7. The number of para-hydroxylation sites is 1. The van der Waals surface area contributed by atoms with Crippen LogP contribution in [0, 0.1) is 0 Å². The fourth-order valence-corrected chi connectivity index (χ4v) is 6.73. The lowest BCUT2D eigenvalue weighted by Crippen LogP contribution is -2.25. The Balaban J connectivity index is 1.55. The number of nitrogens with one attached hydrogen (secondary N) is 1. The molecule has 0 radical (unpaired) electrons. The van der Waals surface area contributed by atoms with Gasteiger partial charge in [-0.25, -0.2) is 0 Å². The van der Waals surface area contributed by atoms with Crippen molar-refractivity contribution in [2.75, 3.05) is 5.32 Å². The van der Waals surface area contributed by atoms with Gasteiger partial charge in [0.2, 0.25) is 0 Å². The van der Waals surface area contributed by atoms with E-state index in [1.165, 1.54) is 55.3 Å². The Kier molecular flexibility index (Phi) is 3.93. The Morgan fingerprint density at radius 3 is 1.58 bits per heavy atom. The van der Waals surface area contributed by atoms with Crippen LogP contribution in [0.25, 0.3) is 33.0 Å². The van der Waals surface area contributed by atoms with Crippen LogP contribution in [-0.2, 0) is 5.41 Å². The first kappa shape index (κ1) is 19.7. The highest BCUT2D eigenvalue weighted by molar-refractivity contribution is 6.10. The van der Waals surface area contributed by atoms with E-state index in [1.807, 2.05) is 0 Å². The smallest absolute Gasteiger partial charge is 0.0726 e. The predicted octanol–water partition coefficient (Wildman–Crippen LogP) is 8.93. The summed E-state index contributed by atoms with van der Waals surface area (Å²) in [5.74, 6) is 0. The van der Waals surface area contributed by atoms with Gasteiger partial charge in [0.05, 0.1) is 5.41 Å². The van der Waals surface area contributed by atoms with Gasteiger partial charge in [-0.05, 0) is 68.1 Å². The van der Waals surface area contributed by atoms with Crippen LogP contribution >= 0.6 is 0 Å². The largest absolute Gasteiger partial charge is 0.355 e. The lowest BCUT2D eigenvalue weighted by Gasteiger charge is -2.31. The summed E-state index contributed by atoms with van der Waals surface area (Å²) in [6, 6.07) is 48.7. The van der Waals surface area contributed by atoms with E-state index in [0.717, 1.165) is 11.4 Å². The summed E-state index contributed by atoms with van der Waals surface area (Å²) in [4.78, 5) is 0. The maximum Gasteiger partial charge on any atom is 0.0726 e. The molecule has 2 aliphatic carbocycles. The van der Waals surface area contributed by atoms with Crippen molar-refractivity contribution in [3.63, 3.8) is 0 Å². The molecule has 0 aliphatic heterocycles. The molecule has 6 aromatic rings. The third kappa shape index (κ3) is 2.40. The number of anilines is 2. The summed E-state index contributed by atoms with van der Waals surface area (Å²) in [6.45, 7) is 0. The molecule has 0 unspecified atom stereocenters. The van der Waals surface area contributed by atoms with Crippen molar-refractivity contribution in [2.45, 2.75) is 5.41 Å². The topological polar surface area (TPSA) is 12.0 Å². The molecule has 0 aromatic heterocycles. The lowest BCUT2D eigenvalue weighted by atomic mass is 9.70. The van der Waals surface area contributed by atoms with Crippen molar-refractivity contribution in [3.8, 4) is 22.3 Å². The Morgan fingerprint density at radius 1 is 0.417 bits per heavy atom. The van der Waals surface area contributed by atoms with Crippen LogP contribution in [0.4, 0.5) is 11.4 Å². The molecule has 2 aliphatic rings. The predicted molar refractivity (Wildman–Crippen MR) is 150 cm³/mol. The zero-order chi connectivity index (χ0) is 23.7. The molecule has 0 saturated carbocycles. The molecule has 0 saturated heterocycles. The van der Waals surface area contributed by atoms with Crippen molar-refractivity contribution >= 4 is 22.1 Å². The molecular weight excluding hydrogens is 434 g/mol. The summed E-state index contributed by atoms with van der Waals surface area (Å²) in [7, 11) is 0. The van der Waals surface area contributed by atoms with Crippen LogP contribution in [0.2, 0.25) is 0 Å². The molecule has 0 heterocycles. The molecule has 1 nitrogen and oxygen atoms in total. The second-order valence-corrected chi connectivity index (χ2v) is 9.77. The summed E-state index contributed by atoms with van der Waals surface area (Å²) in [6.07, 6.45) is 0.